The lowest BCUT2D eigenvalue weighted by molar-refractivity contribution is -0.135. The van der Waals surface area contributed by atoms with Gasteiger partial charge in [0.25, 0.3) is 0 Å². The average molecular weight is 353 g/mol. The summed E-state index contributed by atoms with van der Waals surface area (Å²) in [4.78, 5) is 10.3. The molecular formula is C10H11Br2NO3. The zero-order chi connectivity index (χ0) is 12.1. The Morgan fingerprint density at radius 2 is 2.00 bits per heavy atom. The first-order valence-electron chi connectivity index (χ1n) is 4.49. The zero-order valence-electron chi connectivity index (χ0n) is 8.59. The number of halogens is 2. The van der Waals surface area contributed by atoms with Crippen molar-refractivity contribution in [1.82, 2.24) is 5.32 Å². The molecule has 0 aliphatic rings. The van der Waals surface area contributed by atoms with Crippen molar-refractivity contribution in [3.05, 3.63) is 26.6 Å². The summed E-state index contributed by atoms with van der Waals surface area (Å²) in [5, 5.41) is 11.3. The summed E-state index contributed by atoms with van der Waals surface area (Å²) in [5.41, 5.74) is 0.973. The molecule has 0 unspecified atom stereocenters. The molecule has 1 aromatic carbocycles. The average Bonchev–Trinajstić information content (AvgIpc) is 2.16. The maximum Gasteiger partial charge on any atom is 0.317 e. The molecule has 88 valence electrons. The predicted octanol–water partition coefficient (Wildman–Crippen LogP) is 2.39. The molecule has 2 N–H and O–H groups in total. The van der Waals surface area contributed by atoms with Crippen molar-refractivity contribution in [2.75, 3.05) is 13.7 Å². The van der Waals surface area contributed by atoms with Crippen LogP contribution in [-0.2, 0) is 11.3 Å². The van der Waals surface area contributed by atoms with Crippen molar-refractivity contribution in [2.24, 2.45) is 0 Å². The van der Waals surface area contributed by atoms with Crippen LogP contribution in [0, 0.1) is 0 Å². The fraction of sp³-hybridized carbons (Fsp3) is 0.300. The van der Waals surface area contributed by atoms with E-state index in [2.05, 4.69) is 37.2 Å². The molecule has 0 spiro atoms. The smallest absolute Gasteiger partial charge is 0.317 e. The normalized spacial score (nSPS) is 10.2. The van der Waals surface area contributed by atoms with Gasteiger partial charge in [0.05, 0.1) is 22.6 Å². The highest BCUT2D eigenvalue weighted by Gasteiger charge is 2.07. The maximum absolute atomic E-state index is 10.3. The van der Waals surface area contributed by atoms with Crippen LogP contribution in [0.15, 0.2) is 21.1 Å². The molecule has 0 aliphatic heterocycles. The summed E-state index contributed by atoms with van der Waals surface area (Å²) < 4.78 is 6.83. The standard InChI is InChI=1S/C10H11Br2NO3/c1-16-10-7(11)2-6(3-8(10)12)4-13-5-9(14)15/h2-3,13H,4-5H2,1H3,(H,14,15). The van der Waals surface area contributed by atoms with Gasteiger partial charge in [-0.1, -0.05) is 0 Å². The lowest BCUT2D eigenvalue weighted by Gasteiger charge is -2.09. The van der Waals surface area contributed by atoms with Crippen molar-refractivity contribution < 1.29 is 14.6 Å². The van der Waals surface area contributed by atoms with Crippen LogP contribution in [0.2, 0.25) is 0 Å². The Morgan fingerprint density at radius 3 is 2.44 bits per heavy atom. The fourth-order valence-corrected chi connectivity index (χ4v) is 2.83. The van der Waals surface area contributed by atoms with Gasteiger partial charge in [-0.2, -0.15) is 0 Å². The van der Waals surface area contributed by atoms with Gasteiger partial charge in [0.2, 0.25) is 0 Å². The van der Waals surface area contributed by atoms with Gasteiger partial charge in [0.1, 0.15) is 5.75 Å². The number of ether oxygens (including phenoxy) is 1. The summed E-state index contributed by atoms with van der Waals surface area (Å²) >= 11 is 6.76. The van der Waals surface area contributed by atoms with Crippen molar-refractivity contribution in [1.29, 1.82) is 0 Å². The van der Waals surface area contributed by atoms with Gasteiger partial charge in [-0.15, -0.1) is 0 Å². The number of nitrogens with one attached hydrogen (secondary N) is 1. The van der Waals surface area contributed by atoms with E-state index in [9.17, 15) is 4.79 Å². The molecule has 0 atom stereocenters. The number of aliphatic carboxylic acids is 1. The molecule has 0 saturated heterocycles. The lowest BCUT2D eigenvalue weighted by Crippen LogP contribution is -2.21. The second-order valence-corrected chi connectivity index (χ2v) is 4.80. The highest BCUT2D eigenvalue weighted by molar-refractivity contribution is 9.11. The van der Waals surface area contributed by atoms with Crippen LogP contribution in [-0.4, -0.2) is 24.7 Å². The Balaban J connectivity index is 2.72. The monoisotopic (exact) mass is 351 g/mol. The third kappa shape index (κ3) is 3.77. The third-order valence-corrected chi connectivity index (χ3v) is 3.05. The van der Waals surface area contributed by atoms with Gasteiger partial charge in [-0.3, -0.25) is 4.79 Å². The number of hydrogen-bond acceptors (Lipinski definition) is 3. The number of rotatable bonds is 5. The first kappa shape index (κ1) is 13.5. The molecule has 6 heteroatoms. The van der Waals surface area contributed by atoms with Gasteiger partial charge in [0, 0.05) is 6.54 Å². The summed E-state index contributed by atoms with van der Waals surface area (Å²) in [6.45, 7) is 0.439. The summed E-state index contributed by atoms with van der Waals surface area (Å²) in [7, 11) is 1.59. The largest absolute Gasteiger partial charge is 0.494 e. The minimum absolute atomic E-state index is 0.0543. The molecule has 0 saturated carbocycles. The van der Waals surface area contributed by atoms with E-state index in [1.165, 1.54) is 0 Å². The van der Waals surface area contributed by atoms with Gasteiger partial charge >= 0.3 is 5.97 Å². The molecule has 0 fully saturated rings. The number of carbonyl (C=O) groups is 1. The Hall–Kier alpha value is -0.590. The molecule has 0 bridgehead atoms. The second kappa shape index (κ2) is 6.22. The van der Waals surface area contributed by atoms with E-state index in [-0.39, 0.29) is 6.54 Å². The number of methoxy groups -OCH3 is 1. The number of carboxylic acid groups (broad SMARTS) is 1. The highest BCUT2D eigenvalue weighted by atomic mass is 79.9. The van der Waals surface area contributed by atoms with Gasteiger partial charge in [-0.25, -0.2) is 0 Å². The molecule has 0 aromatic heterocycles. The fourth-order valence-electron chi connectivity index (χ4n) is 1.22. The molecule has 0 radical (unpaired) electrons. The number of hydrogen-bond donors (Lipinski definition) is 2. The van der Waals surface area contributed by atoms with Gasteiger partial charge in [0.15, 0.2) is 0 Å². The van der Waals surface area contributed by atoms with Crippen LogP contribution in [0.4, 0.5) is 0 Å². The zero-order valence-corrected chi connectivity index (χ0v) is 11.8. The van der Waals surface area contributed by atoms with Crippen LogP contribution in [0.3, 0.4) is 0 Å². The van der Waals surface area contributed by atoms with E-state index in [0.29, 0.717) is 6.54 Å². The Morgan fingerprint density at radius 1 is 1.44 bits per heavy atom. The minimum atomic E-state index is -0.869. The predicted molar refractivity (Wildman–Crippen MR) is 67.7 cm³/mol. The molecule has 1 rings (SSSR count). The Labute approximate surface area is 110 Å². The summed E-state index contributed by atoms with van der Waals surface area (Å²) in [6.07, 6.45) is 0. The molecule has 16 heavy (non-hydrogen) atoms. The van der Waals surface area contributed by atoms with Crippen molar-refractivity contribution in [2.45, 2.75) is 6.54 Å². The third-order valence-electron chi connectivity index (χ3n) is 1.87. The lowest BCUT2D eigenvalue weighted by atomic mass is 10.2. The van der Waals surface area contributed by atoms with Crippen molar-refractivity contribution >= 4 is 37.8 Å². The van der Waals surface area contributed by atoms with Crippen molar-refractivity contribution in [3.8, 4) is 5.75 Å². The molecule has 1 aromatic rings. The first-order valence-corrected chi connectivity index (χ1v) is 6.07. The quantitative estimate of drug-likeness (QED) is 0.854. The van der Waals surface area contributed by atoms with E-state index < -0.39 is 5.97 Å². The van der Waals surface area contributed by atoms with E-state index in [1.54, 1.807) is 7.11 Å². The highest BCUT2D eigenvalue weighted by Crippen LogP contribution is 2.34. The van der Waals surface area contributed by atoms with Crippen molar-refractivity contribution in [3.63, 3.8) is 0 Å². The van der Waals surface area contributed by atoms with Crippen LogP contribution in [0.25, 0.3) is 0 Å². The molecular weight excluding hydrogens is 342 g/mol. The van der Waals surface area contributed by atoms with Crippen LogP contribution >= 0.6 is 31.9 Å². The summed E-state index contributed by atoms with van der Waals surface area (Å²) in [6, 6.07) is 3.77. The van der Waals surface area contributed by atoms with E-state index in [1.807, 2.05) is 12.1 Å². The molecule has 0 heterocycles. The topological polar surface area (TPSA) is 58.6 Å². The minimum Gasteiger partial charge on any atom is -0.494 e. The number of carboxylic acids is 1. The first-order chi connectivity index (χ1) is 7.54. The Bertz CT molecular complexity index is 373. The number of benzene rings is 1. The van der Waals surface area contributed by atoms with Crippen LogP contribution < -0.4 is 10.1 Å². The molecule has 4 nitrogen and oxygen atoms in total. The second-order valence-electron chi connectivity index (χ2n) is 3.09. The van der Waals surface area contributed by atoms with E-state index in [4.69, 9.17) is 9.84 Å². The van der Waals surface area contributed by atoms with Crippen LogP contribution in [0.1, 0.15) is 5.56 Å². The van der Waals surface area contributed by atoms with Gasteiger partial charge in [-0.05, 0) is 49.6 Å². The van der Waals surface area contributed by atoms with Gasteiger partial charge < -0.3 is 15.2 Å². The maximum atomic E-state index is 10.3. The Kier molecular flexibility index (Phi) is 5.24. The summed E-state index contributed by atoms with van der Waals surface area (Å²) in [5.74, 6) is -0.145. The van der Waals surface area contributed by atoms with E-state index in [0.717, 1.165) is 20.3 Å². The molecule has 0 amide bonds. The SMILES string of the molecule is COc1c(Br)cc(CNCC(=O)O)cc1Br. The molecule has 0 aliphatic carbocycles. The van der Waals surface area contributed by atoms with Crippen LogP contribution in [0.5, 0.6) is 5.75 Å². The van der Waals surface area contributed by atoms with E-state index >= 15 is 0 Å².